The summed E-state index contributed by atoms with van der Waals surface area (Å²) in [6, 6.07) is 6.13. The number of aliphatic carboxylic acids is 1. The molecule has 0 saturated heterocycles. The van der Waals surface area contributed by atoms with E-state index in [0.29, 0.717) is 6.42 Å². The van der Waals surface area contributed by atoms with Crippen LogP contribution in [0.1, 0.15) is 44.7 Å². The van der Waals surface area contributed by atoms with E-state index in [1.54, 1.807) is 0 Å². The first kappa shape index (κ1) is 15.5. The number of hydrogen-bond donors (Lipinski definition) is 1. The minimum Gasteiger partial charge on any atom is -0.481 e. The Hall–Kier alpha value is -1.84. The molecule has 0 radical (unpaired) electrons. The highest BCUT2D eigenvalue weighted by molar-refractivity contribution is 5.98. The second kappa shape index (κ2) is 5.88. The molecule has 4 heteroatoms. The van der Waals surface area contributed by atoms with Gasteiger partial charge in [0, 0.05) is 24.1 Å². The van der Waals surface area contributed by atoms with Crippen LogP contribution in [0.2, 0.25) is 0 Å². The van der Waals surface area contributed by atoms with E-state index in [-0.39, 0.29) is 17.7 Å². The lowest BCUT2D eigenvalue weighted by molar-refractivity contribution is -0.137. The van der Waals surface area contributed by atoms with Gasteiger partial charge in [-0.1, -0.05) is 32.9 Å². The van der Waals surface area contributed by atoms with Crippen molar-refractivity contribution in [3.05, 3.63) is 29.3 Å². The third-order valence-corrected chi connectivity index (χ3v) is 3.78. The molecule has 0 fully saturated rings. The quantitative estimate of drug-likeness (QED) is 0.927. The number of carbonyl (C=O) groups excluding carboxylic acids is 1. The molecule has 0 unspecified atom stereocenters. The smallest absolute Gasteiger partial charge is 0.303 e. The first-order chi connectivity index (χ1) is 9.79. The number of amides is 1. The molecule has 0 spiro atoms. The average Bonchev–Trinajstić information content (AvgIpc) is 2.79. The van der Waals surface area contributed by atoms with Crippen LogP contribution >= 0.6 is 0 Å². The summed E-state index contributed by atoms with van der Waals surface area (Å²) in [5.74, 6) is -0.599. The second-order valence-electron chi connectivity index (χ2n) is 6.67. The number of anilines is 1. The average molecular weight is 289 g/mol. The van der Waals surface area contributed by atoms with Crippen LogP contribution in [-0.4, -0.2) is 23.5 Å². The lowest BCUT2D eigenvalue weighted by atomic mass is 9.94. The molecule has 2 rings (SSSR count). The molecule has 4 nitrogen and oxygen atoms in total. The lowest BCUT2D eigenvalue weighted by Crippen LogP contribution is -2.38. The lowest BCUT2D eigenvalue weighted by Gasteiger charge is -2.26. The number of fused-ring (bicyclic) bond motifs is 1. The van der Waals surface area contributed by atoms with Crippen molar-refractivity contribution in [3.63, 3.8) is 0 Å². The van der Waals surface area contributed by atoms with Crippen LogP contribution in [0.25, 0.3) is 0 Å². The highest BCUT2D eigenvalue weighted by Crippen LogP contribution is 2.32. The summed E-state index contributed by atoms with van der Waals surface area (Å²) < 4.78 is 0. The van der Waals surface area contributed by atoms with E-state index >= 15 is 0 Å². The SMILES string of the molecule is CC(C)(C)C(=O)N1CCc2cc(CCCC(=O)O)ccc21. The molecule has 0 aromatic heterocycles. The summed E-state index contributed by atoms with van der Waals surface area (Å²) in [5.41, 5.74) is 2.99. The van der Waals surface area contributed by atoms with Crippen LogP contribution in [-0.2, 0) is 22.4 Å². The molecule has 1 aliphatic heterocycles. The van der Waals surface area contributed by atoms with Gasteiger partial charge in [0.1, 0.15) is 0 Å². The minimum absolute atomic E-state index is 0.153. The van der Waals surface area contributed by atoms with Crippen molar-refractivity contribution in [2.45, 2.75) is 46.5 Å². The number of hydrogen-bond acceptors (Lipinski definition) is 2. The van der Waals surface area contributed by atoms with Gasteiger partial charge in [-0.2, -0.15) is 0 Å². The highest BCUT2D eigenvalue weighted by Gasteiger charge is 2.32. The fourth-order valence-electron chi connectivity index (χ4n) is 2.67. The largest absolute Gasteiger partial charge is 0.481 e. The Morgan fingerprint density at radius 3 is 2.62 bits per heavy atom. The molecule has 1 amide bonds. The number of nitrogens with zero attached hydrogens (tertiary/aromatic N) is 1. The maximum Gasteiger partial charge on any atom is 0.303 e. The first-order valence-electron chi connectivity index (χ1n) is 7.44. The van der Waals surface area contributed by atoms with Crippen LogP contribution in [0.3, 0.4) is 0 Å². The maximum atomic E-state index is 12.4. The van der Waals surface area contributed by atoms with Gasteiger partial charge in [-0.15, -0.1) is 0 Å². The van der Waals surface area contributed by atoms with E-state index in [1.807, 2.05) is 37.8 Å². The van der Waals surface area contributed by atoms with E-state index in [1.165, 1.54) is 5.56 Å². The van der Waals surface area contributed by atoms with Crippen molar-refractivity contribution in [1.82, 2.24) is 0 Å². The molecule has 114 valence electrons. The maximum absolute atomic E-state index is 12.4. The van der Waals surface area contributed by atoms with Crippen LogP contribution in [0.5, 0.6) is 0 Å². The minimum atomic E-state index is -0.752. The molecule has 1 heterocycles. The Bertz CT molecular complexity index is 558. The van der Waals surface area contributed by atoms with E-state index < -0.39 is 5.97 Å². The molecule has 1 aliphatic rings. The summed E-state index contributed by atoms with van der Waals surface area (Å²) in [4.78, 5) is 24.8. The van der Waals surface area contributed by atoms with Crippen LogP contribution in [0.15, 0.2) is 18.2 Å². The van der Waals surface area contributed by atoms with Crippen LogP contribution in [0.4, 0.5) is 5.69 Å². The summed E-state index contributed by atoms with van der Waals surface area (Å²) >= 11 is 0. The fraction of sp³-hybridized carbons (Fsp3) is 0.529. The Kier molecular flexibility index (Phi) is 4.35. The summed E-state index contributed by atoms with van der Waals surface area (Å²) in [6.45, 7) is 6.55. The molecule has 0 bridgehead atoms. The van der Waals surface area contributed by atoms with E-state index in [2.05, 4.69) is 6.07 Å². The van der Waals surface area contributed by atoms with Crippen molar-refractivity contribution < 1.29 is 14.7 Å². The topological polar surface area (TPSA) is 57.6 Å². The van der Waals surface area contributed by atoms with Crippen molar-refractivity contribution >= 4 is 17.6 Å². The Labute approximate surface area is 125 Å². The molecular formula is C17H23NO3. The van der Waals surface area contributed by atoms with Crippen LogP contribution in [0, 0.1) is 5.41 Å². The standard InChI is InChI=1S/C17H23NO3/c1-17(2,3)16(21)18-10-9-13-11-12(7-8-14(13)18)5-4-6-15(19)20/h7-8,11H,4-6,9-10H2,1-3H3,(H,19,20). The first-order valence-corrected chi connectivity index (χ1v) is 7.44. The number of carboxylic acid groups (broad SMARTS) is 1. The van der Waals surface area contributed by atoms with Gasteiger partial charge in [0.15, 0.2) is 0 Å². The zero-order chi connectivity index (χ0) is 15.6. The number of carbonyl (C=O) groups is 2. The summed E-state index contributed by atoms with van der Waals surface area (Å²) in [6.07, 6.45) is 2.50. The monoisotopic (exact) mass is 289 g/mol. The highest BCUT2D eigenvalue weighted by atomic mass is 16.4. The van der Waals surface area contributed by atoms with Gasteiger partial charge in [0.2, 0.25) is 5.91 Å². The molecule has 1 aromatic rings. The third-order valence-electron chi connectivity index (χ3n) is 3.78. The number of benzene rings is 1. The van der Waals surface area contributed by atoms with Crippen molar-refractivity contribution in [2.24, 2.45) is 5.41 Å². The number of aryl methyl sites for hydroxylation is 1. The van der Waals surface area contributed by atoms with E-state index in [9.17, 15) is 9.59 Å². The Balaban J connectivity index is 2.10. The van der Waals surface area contributed by atoms with Gasteiger partial charge in [-0.3, -0.25) is 9.59 Å². The zero-order valence-corrected chi connectivity index (χ0v) is 13.0. The second-order valence-corrected chi connectivity index (χ2v) is 6.67. The van der Waals surface area contributed by atoms with Crippen molar-refractivity contribution in [1.29, 1.82) is 0 Å². The number of carboxylic acids is 1. The molecule has 0 saturated carbocycles. The van der Waals surface area contributed by atoms with Gasteiger partial charge in [0.25, 0.3) is 0 Å². The van der Waals surface area contributed by atoms with Gasteiger partial charge in [-0.05, 0) is 36.5 Å². The molecule has 0 atom stereocenters. The van der Waals surface area contributed by atoms with Gasteiger partial charge >= 0.3 is 5.97 Å². The molecular weight excluding hydrogens is 266 g/mol. The molecule has 1 N–H and O–H groups in total. The predicted octanol–water partition coefficient (Wildman–Crippen LogP) is 3.03. The normalized spacial score (nSPS) is 14.1. The number of rotatable bonds is 4. The summed E-state index contributed by atoms with van der Waals surface area (Å²) in [7, 11) is 0. The summed E-state index contributed by atoms with van der Waals surface area (Å²) in [5, 5.41) is 8.67. The molecule has 0 aliphatic carbocycles. The fourth-order valence-corrected chi connectivity index (χ4v) is 2.67. The predicted molar refractivity (Wildman–Crippen MR) is 82.5 cm³/mol. The van der Waals surface area contributed by atoms with Crippen molar-refractivity contribution in [3.8, 4) is 0 Å². The van der Waals surface area contributed by atoms with Crippen LogP contribution < -0.4 is 4.90 Å². The van der Waals surface area contributed by atoms with E-state index in [4.69, 9.17) is 5.11 Å². The zero-order valence-electron chi connectivity index (χ0n) is 13.0. The molecule has 1 aromatic carbocycles. The Morgan fingerprint density at radius 1 is 1.29 bits per heavy atom. The van der Waals surface area contributed by atoms with Gasteiger partial charge in [0.05, 0.1) is 0 Å². The molecule has 21 heavy (non-hydrogen) atoms. The van der Waals surface area contributed by atoms with Gasteiger partial charge < -0.3 is 10.0 Å². The third kappa shape index (κ3) is 3.63. The van der Waals surface area contributed by atoms with Gasteiger partial charge in [-0.25, -0.2) is 0 Å². The Morgan fingerprint density at radius 2 is 2.00 bits per heavy atom. The van der Waals surface area contributed by atoms with E-state index in [0.717, 1.165) is 30.6 Å². The van der Waals surface area contributed by atoms with Crippen molar-refractivity contribution in [2.75, 3.05) is 11.4 Å².